The molecule has 0 spiro atoms. The normalized spacial score (nSPS) is 29.1. The lowest BCUT2D eigenvalue weighted by Crippen LogP contribution is -2.44. The molecule has 1 heterocycles. The van der Waals surface area contributed by atoms with Crippen LogP contribution in [0.3, 0.4) is 0 Å². The summed E-state index contributed by atoms with van der Waals surface area (Å²) in [6.45, 7) is 3.91. The number of halogens is 2. The lowest BCUT2D eigenvalue weighted by molar-refractivity contribution is 0.0869. The molecule has 0 radical (unpaired) electrons. The van der Waals surface area contributed by atoms with Gasteiger partial charge in [0.15, 0.2) is 0 Å². The van der Waals surface area contributed by atoms with Gasteiger partial charge in [-0.2, -0.15) is 0 Å². The minimum atomic E-state index is -0.414. The summed E-state index contributed by atoms with van der Waals surface area (Å²) in [5.41, 5.74) is 0.566. The van der Waals surface area contributed by atoms with E-state index in [9.17, 15) is 0 Å². The molecule has 0 bridgehead atoms. The Hall–Kier alpha value is -0.400. The maximum atomic E-state index is 6.27. The Labute approximate surface area is 94.0 Å². The predicted molar refractivity (Wildman–Crippen MR) is 59.4 cm³/mol. The van der Waals surface area contributed by atoms with Crippen molar-refractivity contribution in [3.63, 3.8) is 0 Å². The van der Waals surface area contributed by atoms with E-state index in [0.717, 1.165) is 11.3 Å². The highest BCUT2D eigenvalue weighted by Gasteiger charge is 2.41. The maximum Gasteiger partial charge on any atom is 0.124 e. The van der Waals surface area contributed by atoms with Crippen molar-refractivity contribution in [1.82, 2.24) is 0 Å². The predicted octanol–water partition coefficient (Wildman–Crippen LogP) is 3.74. The van der Waals surface area contributed by atoms with Gasteiger partial charge in [0, 0.05) is 5.56 Å². The van der Waals surface area contributed by atoms with Gasteiger partial charge in [0.1, 0.15) is 11.4 Å². The molecule has 76 valence electrons. The minimum absolute atomic E-state index is 0.184. The summed E-state index contributed by atoms with van der Waals surface area (Å²) in [4.78, 5) is 0. The van der Waals surface area contributed by atoms with E-state index < -0.39 is 5.60 Å². The molecular formula is C11H12Cl2O. The lowest BCUT2D eigenvalue weighted by Gasteiger charge is -2.39. The Balaban J connectivity index is 2.48. The van der Waals surface area contributed by atoms with E-state index in [1.54, 1.807) is 0 Å². The zero-order chi connectivity index (χ0) is 10.3. The quantitative estimate of drug-likeness (QED) is 0.618. The largest absolute Gasteiger partial charge is 0.486 e. The third kappa shape index (κ3) is 1.49. The van der Waals surface area contributed by atoms with Crippen LogP contribution in [0.5, 0.6) is 5.75 Å². The number of ether oxygens (including phenoxy) is 1. The van der Waals surface area contributed by atoms with Crippen LogP contribution in [0.1, 0.15) is 24.8 Å². The topological polar surface area (TPSA) is 9.23 Å². The third-order valence-corrected chi connectivity index (χ3v) is 3.90. The van der Waals surface area contributed by atoms with E-state index >= 15 is 0 Å². The maximum absolute atomic E-state index is 6.27. The molecule has 0 saturated heterocycles. The van der Waals surface area contributed by atoms with E-state index in [1.165, 1.54) is 0 Å². The molecule has 2 atom stereocenters. The Kier molecular flexibility index (Phi) is 2.40. The summed E-state index contributed by atoms with van der Waals surface area (Å²) in [7, 11) is 0. The van der Waals surface area contributed by atoms with Gasteiger partial charge in [0.2, 0.25) is 0 Å². The molecule has 1 aromatic rings. The Morgan fingerprint density at radius 3 is 2.57 bits per heavy atom. The second-order valence-corrected chi connectivity index (χ2v) is 4.99. The molecule has 14 heavy (non-hydrogen) atoms. The second-order valence-electron chi connectivity index (χ2n) is 4.05. The summed E-state index contributed by atoms with van der Waals surface area (Å²) in [5.74, 6) is 0.842. The molecule has 0 aromatic heterocycles. The first-order valence-electron chi connectivity index (χ1n) is 4.58. The van der Waals surface area contributed by atoms with Gasteiger partial charge in [-0.25, -0.2) is 0 Å². The van der Waals surface area contributed by atoms with Gasteiger partial charge >= 0.3 is 0 Å². The molecular weight excluding hydrogens is 219 g/mol. The summed E-state index contributed by atoms with van der Waals surface area (Å²) >= 11 is 12.5. The van der Waals surface area contributed by atoms with Crippen LogP contribution in [-0.4, -0.2) is 11.0 Å². The molecule has 3 heteroatoms. The molecule has 1 aliphatic heterocycles. The lowest BCUT2D eigenvalue weighted by atomic mass is 9.93. The van der Waals surface area contributed by atoms with Crippen molar-refractivity contribution in [3.05, 3.63) is 29.8 Å². The van der Waals surface area contributed by atoms with Crippen LogP contribution in [0.15, 0.2) is 24.3 Å². The summed E-state index contributed by atoms with van der Waals surface area (Å²) < 4.78 is 5.79. The van der Waals surface area contributed by atoms with Crippen molar-refractivity contribution in [3.8, 4) is 5.75 Å². The van der Waals surface area contributed by atoms with E-state index in [-0.39, 0.29) is 10.8 Å². The van der Waals surface area contributed by atoms with Gasteiger partial charge in [-0.05, 0) is 19.9 Å². The van der Waals surface area contributed by atoms with Crippen molar-refractivity contribution < 1.29 is 4.74 Å². The van der Waals surface area contributed by atoms with Crippen LogP contribution in [0.2, 0.25) is 0 Å². The van der Waals surface area contributed by atoms with Crippen molar-refractivity contribution in [2.75, 3.05) is 0 Å². The van der Waals surface area contributed by atoms with Crippen LogP contribution in [0, 0.1) is 0 Å². The molecule has 1 aromatic carbocycles. The molecule has 0 fully saturated rings. The molecule has 1 nitrogen and oxygen atoms in total. The zero-order valence-electron chi connectivity index (χ0n) is 8.13. The first-order chi connectivity index (χ1) is 6.52. The van der Waals surface area contributed by atoms with E-state index in [4.69, 9.17) is 27.9 Å². The molecule has 2 unspecified atom stereocenters. The van der Waals surface area contributed by atoms with E-state index in [0.29, 0.717) is 0 Å². The van der Waals surface area contributed by atoms with Crippen molar-refractivity contribution in [2.24, 2.45) is 0 Å². The summed E-state index contributed by atoms with van der Waals surface area (Å²) in [6.07, 6.45) is 0. The molecule has 2 rings (SSSR count). The number of fused-ring (bicyclic) bond motifs is 1. The van der Waals surface area contributed by atoms with E-state index in [2.05, 4.69) is 0 Å². The molecule has 0 aliphatic carbocycles. The molecule has 1 aliphatic rings. The average molecular weight is 231 g/mol. The number of benzene rings is 1. The Bertz CT molecular complexity index is 349. The molecule has 0 amide bonds. The van der Waals surface area contributed by atoms with Gasteiger partial charge in [0.05, 0.1) is 10.8 Å². The van der Waals surface area contributed by atoms with Crippen LogP contribution >= 0.6 is 23.2 Å². The van der Waals surface area contributed by atoms with E-state index in [1.807, 2.05) is 38.1 Å². The number of hydrogen-bond acceptors (Lipinski definition) is 1. The van der Waals surface area contributed by atoms with Crippen LogP contribution < -0.4 is 4.74 Å². The molecule has 0 saturated carbocycles. The standard InChI is InChI=1S/C11H12Cl2O/c1-11(2)10(13)9(12)7-5-3-4-6-8(7)14-11/h3-6,9-10H,1-2H3. The minimum Gasteiger partial charge on any atom is -0.486 e. The van der Waals surface area contributed by atoms with Crippen molar-refractivity contribution in [1.29, 1.82) is 0 Å². The SMILES string of the molecule is CC1(C)Oc2ccccc2C(Cl)C1Cl. The first kappa shape index (κ1) is 10.1. The second kappa shape index (κ2) is 3.32. The van der Waals surface area contributed by atoms with Crippen LogP contribution in [0.25, 0.3) is 0 Å². The average Bonchev–Trinajstić information content (AvgIpc) is 2.14. The summed E-state index contributed by atoms with van der Waals surface area (Å²) in [6, 6.07) is 7.76. The highest BCUT2D eigenvalue weighted by atomic mass is 35.5. The highest BCUT2D eigenvalue weighted by molar-refractivity contribution is 6.30. The smallest absolute Gasteiger partial charge is 0.124 e. The third-order valence-electron chi connectivity index (χ3n) is 2.51. The monoisotopic (exact) mass is 230 g/mol. The fraction of sp³-hybridized carbons (Fsp3) is 0.455. The van der Waals surface area contributed by atoms with Gasteiger partial charge in [0.25, 0.3) is 0 Å². The first-order valence-corrected chi connectivity index (χ1v) is 5.46. The summed E-state index contributed by atoms with van der Waals surface area (Å²) in [5, 5.41) is -0.393. The van der Waals surface area contributed by atoms with Gasteiger partial charge in [-0.3, -0.25) is 0 Å². The van der Waals surface area contributed by atoms with Crippen LogP contribution in [0.4, 0.5) is 0 Å². The Morgan fingerprint density at radius 1 is 1.21 bits per heavy atom. The number of para-hydroxylation sites is 1. The Morgan fingerprint density at radius 2 is 1.86 bits per heavy atom. The van der Waals surface area contributed by atoms with Crippen molar-refractivity contribution >= 4 is 23.2 Å². The highest BCUT2D eigenvalue weighted by Crippen LogP contribution is 2.45. The van der Waals surface area contributed by atoms with Gasteiger partial charge < -0.3 is 4.74 Å². The fourth-order valence-electron chi connectivity index (χ4n) is 1.65. The number of rotatable bonds is 0. The zero-order valence-corrected chi connectivity index (χ0v) is 9.64. The number of alkyl halides is 2. The number of hydrogen-bond donors (Lipinski definition) is 0. The van der Waals surface area contributed by atoms with Crippen molar-refractivity contribution in [2.45, 2.75) is 30.2 Å². The van der Waals surface area contributed by atoms with Gasteiger partial charge in [-0.1, -0.05) is 18.2 Å². The molecule has 0 N–H and O–H groups in total. The van der Waals surface area contributed by atoms with Gasteiger partial charge in [-0.15, -0.1) is 23.2 Å². The van der Waals surface area contributed by atoms with Crippen LogP contribution in [-0.2, 0) is 0 Å². The fourth-order valence-corrected chi connectivity index (χ4v) is 2.31.